The Balaban J connectivity index is 3.22. The molecule has 0 aliphatic carbocycles. The number of anilines is 1. The third kappa shape index (κ3) is 3.26. The van der Waals surface area contributed by atoms with Gasteiger partial charge in [-0.3, -0.25) is 10.1 Å². The fraction of sp³-hybridized carbons (Fsp3) is 0.538. The van der Waals surface area contributed by atoms with Crippen molar-refractivity contribution in [1.29, 1.82) is 0 Å². The normalized spacial score (nSPS) is 12.1. The predicted octanol–water partition coefficient (Wildman–Crippen LogP) is 4.02. The van der Waals surface area contributed by atoms with Crippen LogP contribution in [-0.2, 0) is 0 Å². The fourth-order valence-electron chi connectivity index (χ4n) is 1.44. The van der Waals surface area contributed by atoms with Crippen LogP contribution < -0.4 is 9.74 Å². The zero-order valence-corrected chi connectivity index (χ0v) is 13.4. The van der Waals surface area contributed by atoms with Gasteiger partial charge < -0.3 is 9.74 Å². The molecule has 0 spiro atoms. The Morgan fingerprint density at radius 2 is 1.89 bits per heavy atom. The first kappa shape index (κ1) is 15.5. The lowest BCUT2D eigenvalue weighted by Crippen LogP contribution is -2.44. The smallest absolute Gasteiger partial charge is 0.296 e. The van der Waals surface area contributed by atoms with Crippen molar-refractivity contribution in [1.82, 2.24) is 0 Å². The molecule has 0 saturated heterocycles. The van der Waals surface area contributed by atoms with Crippen LogP contribution in [0.2, 0.25) is 18.1 Å². The highest BCUT2D eigenvalue weighted by atomic mass is 28.4. The minimum absolute atomic E-state index is 0.0405. The molecule has 0 bridgehead atoms. The van der Waals surface area contributed by atoms with Crippen molar-refractivity contribution >= 4 is 19.7 Å². The molecular weight excluding hydrogens is 260 g/mol. The van der Waals surface area contributed by atoms with Gasteiger partial charge in [0.2, 0.25) is 0 Å². The van der Waals surface area contributed by atoms with E-state index < -0.39 is 13.2 Å². The summed E-state index contributed by atoms with van der Waals surface area (Å²) >= 11 is 0. The van der Waals surface area contributed by atoms with Crippen LogP contribution in [0.5, 0.6) is 5.75 Å². The standard InChI is InChI=1S/C13H22N2O3Si/c1-13(2,3)19(5,6)18-11-9-7-8-10(15(16)17)12(11)14-4/h7-9,14H,1-6H3. The molecule has 0 saturated carbocycles. The first-order valence-electron chi connectivity index (χ1n) is 6.24. The molecule has 1 rings (SSSR count). The molecular formula is C13H22N2O3Si. The van der Waals surface area contributed by atoms with Crippen LogP contribution in [0.1, 0.15) is 20.8 Å². The number of nitro benzene ring substituents is 1. The van der Waals surface area contributed by atoms with Crippen LogP contribution in [-0.4, -0.2) is 20.3 Å². The Kier molecular flexibility index (Phi) is 4.24. The number of nitrogens with zero attached hydrogens (tertiary/aromatic N) is 1. The Labute approximate surface area is 115 Å². The van der Waals surface area contributed by atoms with E-state index in [-0.39, 0.29) is 10.7 Å². The van der Waals surface area contributed by atoms with E-state index >= 15 is 0 Å². The van der Waals surface area contributed by atoms with Crippen LogP contribution in [0.25, 0.3) is 0 Å². The highest BCUT2D eigenvalue weighted by Gasteiger charge is 2.39. The fourth-order valence-corrected chi connectivity index (χ4v) is 2.46. The van der Waals surface area contributed by atoms with E-state index in [0.29, 0.717) is 11.4 Å². The number of nitrogens with one attached hydrogen (secondary N) is 1. The number of para-hydroxylation sites is 1. The van der Waals surface area contributed by atoms with Gasteiger partial charge in [-0.1, -0.05) is 26.8 Å². The minimum Gasteiger partial charge on any atom is -0.542 e. The number of nitro groups is 1. The Hall–Kier alpha value is -1.56. The van der Waals surface area contributed by atoms with Crippen molar-refractivity contribution in [2.75, 3.05) is 12.4 Å². The van der Waals surface area contributed by atoms with E-state index in [4.69, 9.17) is 4.43 Å². The summed E-state index contributed by atoms with van der Waals surface area (Å²) in [6, 6.07) is 4.91. The average Bonchev–Trinajstić information content (AvgIpc) is 2.26. The Morgan fingerprint density at radius 3 is 2.32 bits per heavy atom. The lowest BCUT2D eigenvalue weighted by molar-refractivity contribution is -0.384. The van der Waals surface area contributed by atoms with Crippen molar-refractivity contribution in [3.63, 3.8) is 0 Å². The van der Waals surface area contributed by atoms with Crippen molar-refractivity contribution < 1.29 is 9.35 Å². The summed E-state index contributed by atoms with van der Waals surface area (Å²) in [6.07, 6.45) is 0. The topological polar surface area (TPSA) is 64.4 Å². The van der Waals surface area contributed by atoms with E-state index in [1.54, 1.807) is 19.2 Å². The second-order valence-corrected chi connectivity index (χ2v) is 10.7. The Bertz CT molecular complexity index is 481. The van der Waals surface area contributed by atoms with Crippen molar-refractivity contribution in [3.05, 3.63) is 28.3 Å². The molecule has 1 aromatic rings. The maximum Gasteiger partial charge on any atom is 0.296 e. The average molecular weight is 282 g/mol. The summed E-state index contributed by atoms with van der Waals surface area (Å²) < 4.78 is 6.15. The van der Waals surface area contributed by atoms with E-state index in [2.05, 4.69) is 39.2 Å². The first-order valence-corrected chi connectivity index (χ1v) is 9.15. The van der Waals surface area contributed by atoms with Gasteiger partial charge in [-0.25, -0.2) is 0 Å². The molecule has 0 atom stereocenters. The number of hydrogen-bond donors (Lipinski definition) is 1. The van der Waals surface area contributed by atoms with Crippen LogP contribution in [0.3, 0.4) is 0 Å². The maximum absolute atomic E-state index is 11.0. The molecule has 5 nitrogen and oxygen atoms in total. The lowest BCUT2D eigenvalue weighted by atomic mass is 10.2. The Morgan fingerprint density at radius 1 is 1.32 bits per heavy atom. The van der Waals surface area contributed by atoms with Gasteiger partial charge in [0.15, 0.2) is 5.69 Å². The molecule has 1 aromatic carbocycles. The molecule has 0 radical (unpaired) electrons. The predicted molar refractivity (Wildman–Crippen MR) is 80.5 cm³/mol. The molecule has 0 heterocycles. The molecule has 0 fully saturated rings. The van der Waals surface area contributed by atoms with Crippen LogP contribution >= 0.6 is 0 Å². The summed E-state index contributed by atoms with van der Waals surface area (Å²) in [7, 11) is -0.346. The van der Waals surface area contributed by atoms with Gasteiger partial charge in [0, 0.05) is 13.1 Å². The van der Waals surface area contributed by atoms with Crippen molar-refractivity contribution in [2.24, 2.45) is 0 Å². The molecule has 0 aliphatic rings. The van der Waals surface area contributed by atoms with Crippen molar-refractivity contribution in [3.8, 4) is 5.75 Å². The molecule has 6 heteroatoms. The minimum atomic E-state index is -2.01. The largest absolute Gasteiger partial charge is 0.542 e. The summed E-state index contributed by atoms with van der Waals surface area (Å²) in [5.41, 5.74) is 0.482. The maximum atomic E-state index is 11.0. The van der Waals surface area contributed by atoms with Gasteiger partial charge >= 0.3 is 0 Å². The van der Waals surface area contributed by atoms with E-state index in [9.17, 15) is 10.1 Å². The highest BCUT2D eigenvalue weighted by Crippen LogP contribution is 2.41. The number of benzene rings is 1. The monoisotopic (exact) mass is 282 g/mol. The second kappa shape index (κ2) is 5.20. The molecule has 0 unspecified atom stereocenters. The number of hydrogen-bond acceptors (Lipinski definition) is 4. The quantitative estimate of drug-likeness (QED) is 0.514. The zero-order valence-electron chi connectivity index (χ0n) is 12.4. The molecule has 19 heavy (non-hydrogen) atoms. The zero-order chi connectivity index (χ0) is 14.8. The van der Waals surface area contributed by atoms with Gasteiger partial charge in [-0.2, -0.15) is 0 Å². The van der Waals surface area contributed by atoms with Crippen LogP contribution in [0, 0.1) is 10.1 Å². The molecule has 0 amide bonds. The van der Waals surface area contributed by atoms with Crippen LogP contribution in [0.15, 0.2) is 18.2 Å². The highest BCUT2D eigenvalue weighted by molar-refractivity contribution is 6.74. The summed E-state index contributed by atoms with van der Waals surface area (Å²) in [5, 5.41) is 13.9. The SMILES string of the molecule is CNc1c(O[Si](C)(C)C(C)(C)C)cccc1[N+](=O)[O-]. The van der Waals surface area contributed by atoms with Gasteiger partial charge in [-0.15, -0.1) is 0 Å². The van der Waals surface area contributed by atoms with E-state index in [0.717, 1.165) is 0 Å². The molecule has 106 valence electrons. The van der Waals surface area contributed by atoms with Gasteiger partial charge in [-0.05, 0) is 24.2 Å². The summed E-state index contributed by atoms with van der Waals surface area (Å²) in [4.78, 5) is 10.6. The number of rotatable bonds is 4. The molecule has 0 aliphatic heterocycles. The summed E-state index contributed by atoms with van der Waals surface area (Å²) in [6.45, 7) is 10.6. The van der Waals surface area contributed by atoms with Gasteiger partial charge in [0.25, 0.3) is 14.0 Å². The first-order chi connectivity index (χ1) is 8.60. The second-order valence-electron chi connectivity index (χ2n) is 6.02. The van der Waals surface area contributed by atoms with Crippen LogP contribution in [0.4, 0.5) is 11.4 Å². The third-order valence-electron chi connectivity index (χ3n) is 3.62. The van der Waals surface area contributed by atoms with E-state index in [1.807, 2.05) is 0 Å². The third-order valence-corrected chi connectivity index (χ3v) is 7.96. The lowest BCUT2D eigenvalue weighted by Gasteiger charge is -2.36. The van der Waals surface area contributed by atoms with Gasteiger partial charge in [0.1, 0.15) is 5.75 Å². The van der Waals surface area contributed by atoms with Crippen molar-refractivity contribution in [2.45, 2.75) is 38.9 Å². The molecule has 0 aromatic heterocycles. The van der Waals surface area contributed by atoms with Gasteiger partial charge in [0.05, 0.1) is 4.92 Å². The molecule has 1 N–H and O–H groups in total. The summed E-state index contributed by atoms with van der Waals surface area (Å²) in [5.74, 6) is 0.559. The van der Waals surface area contributed by atoms with E-state index in [1.165, 1.54) is 6.07 Å².